The standard InChI is InChI=1S/C42H49N5O8S.C34H36N4O4S.2O2S/c1-5-17-54-42(51)47-33-24-35(26(2)20-31(33)40(50)46-16-8-6-11-32(46)41(47)55-38-13-7-9-18-53-38)52-19-10-12-37(48)43-30-23-34(45(4)25-30)39(49)44-29-14-15-36-28(22-29)21-27(3)56-36;1-21-13-27-28(35-19-26-7-4-5-11-38(26)34(27)41)18-31(21)42-12-6-8-33(40)36-25-17-29(37(3)20-25)30(39)16-23-9-10-32-24(15-23)14-22(2)43-32;2*1-3-2/h5,14-15,20-25,32,38,41H,1,6-13,16-19H2,2-4H3,(H,43,48)(H,44,49);9-10,13-15,17-20,26H,4-8,11-12,16H2,1-3H3,(H,36,40);;/t32-,38?,41?;26-;;/m00../s1. The third-order valence-electron chi connectivity index (χ3n) is 18.5. The number of carbonyl (C=O) groups is 7. The van der Waals surface area contributed by atoms with Gasteiger partial charge in [0.05, 0.1) is 64.9 Å². The predicted octanol–water partition coefficient (Wildman–Crippen LogP) is 13.4. The number of ketones is 1. The average molecular weight is 1510 g/mol. The molecule has 0 spiro atoms. The molecule has 3 N–H and O–H groups in total. The Morgan fingerprint density at radius 2 is 1.23 bits per heavy atom. The van der Waals surface area contributed by atoms with Gasteiger partial charge in [-0.1, -0.05) is 18.7 Å². The SMILES string of the molecule is C=CCOC(=O)N1c2cc(OCCCC(=O)Nc3cc(C(=O)Nc4ccc5sc(C)cc5c4)n(C)c3)c(C)cc2C(=O)N2CCCC[C@H]2C1OC1CCCCO1.Cc1cc2cc(CC(=O)c3cc(NC(=O)CCCOc4cc5c(cc4C)C(=O)N4CCCC[C@H]4C=N5)cn3C)ccc2s1.O=S=O.O=S=O. The molecule has 4 aromatic carbocycles. The van der Waals surface area contributed by atoms with Gasteiger partial charge < -0.3 is 58.6 Å². The summed E-state index contributed by atoms with van der Waals surface area (Å²) < 4.78 is 69.3. The van der Waals surface area contributed by atoms with Crippen molar-refractivity contribution in [3.63, 3.8) is 0 Å². The summed E-state index contributed by atoms with van der Waals surface area (Å²) in [6.45, 7) is 14.0. The Bertz CT molecular complexity index is 4640. The maximum atomic E-state index is 14.2. The fourth-order valence-electron chi connectivity index (χ4n) is 13.6. The number of ether oxygens (including phenoxy) is 5. The van der Waals surface area contributed by atoms with Crippen LogP contribution in [0.3, 0.4) is 0 Å². The minimum Gasteiger partial charge on any atom is -0.493 e. The minimum absolute atomic E-state index is 0.000748. The Morgan fingerprint density at radius 3 is 1.88 bits per heavy atom. The smallest absolute Gasteiger partial charge is 0.416 e. The highest BCUT2D eigenvalue weighted by atomic mass is 32.1. The molecule has 5 aliphatic rings. The number of nitrogens with one attached hydrogen (secondary N) is 3. The second-order valence-electron chi connectivity index (χ2n) is 26.2. The van der Waals surface area contributed by atoms with E-state index < -0.39 is 47.8 Å². The van der Waals surface area contributed by atoms with Gasteiger partial charge in [0.15, 0.2) is 18.3 Å². The molecule has 0 radical (unpaired) electrons. The molecular weight excluding hydrogens is 1420 g/mol. The maximum absolute atomic E-state index is 14.2. The molecule has 29 heteroatoms. The third kappa shape index (κ3) is 19.8. The predicted molar refractivity (Wildman–Crippen MR) is 405 cm³/mol. The largest absolute Gasteiger partial charge is 0.493 e. The number of benzene rings is 4. The Morgan fingerprint density at radius 1 is 0.648 bits per heavy atom. The number of aromatic nitrogens is 2. The van der Waals surface area contributed by atoms with Crippen LogP contribution in [0, 0.1) is 27.7 Å². The first kappa shape index (κ1) is 77.8. The first-order valence-electron chi connectivity index (χ1n) is 34.8. The van der Waals surface area contributed by atoms with E-state index in [1.165, 1.54) is 25.4 Å². The lowest BCUT2D eigenvalue weighted by molar-refractivity contribution is -0.198. The lowest BCUT2D eigenvalue weighted by Crippen LogP contribution is -2.57. The van der Waals surface area contributed by atoms with Gasteiger partial charge in [0.25, 0.3) is 17.7 Å². The van der Waals surface area contributed by atoms with Crippen molar-refractivity contribution < 1.29 is 74.1 Å². The van der Waals surface area contributed by atoms with Crippen molar-refractivity contribution in [2.45, 2.75) is 142 Å². The van der Waals surface area contributed by atoms with Gasteiger partial charge in [-0.25, -0.2) is 9.69 Å². The zero-order valence-electron chi connectivity index (χ0n) is 59.4. The number of rotatable bonds is 21. The topological polar surface area (TPSA) is 302 Å². The van der Waals surface area contributed by atoms with Crippen molar-refractivity contribution in [3.05, 3.63) is 159 Å². The van der Waals surface area contributed by atoms with Crippen molar-refractivity contribution >= 4 is 142 Å². The number of piperidine rings is 2. The van der Waals surface area contributed by atoms with Gasteiger partial charge in [-0.3, -0.25) is 33.8 Å². The van der Waals surface area contributed by atoms with Crippen LogP contribution >= 0.6 is 22.7 Å². The molecule has 0 bridgehead atoms. The molecule has 25 nitrogen and oxygen atoms in total. The van der Waals surface area contributed by atoms with Crippen LogP contribution in [-0.2, 0) is 67.5 Å². The molecule has 6 amide bonds. The van der Waals surface area contributed by atoms with Crippen LogP contribution in [0.2, 0.25) is 0 Å². The van der Waals surface area contributed by atoms with Crippen molar-refractivity contribution in [1.29, 1.82) is 0 Å². The Labute approximate surface area is 623 Å². The van der Waals surface area contributed by atoms with Crippen LogP contribution in [0.15, 0.2) is 115 Å². The number of hydrogen-bond donors (Lipinski definition) is 3. The first-order chi connectivity index (χ1) is 50.7. The van der Waals surface area contributed by atoms with Gasteiger partial charge in [-0.05, 0) is 193 Å². The number of fused-ring (bicyclic) bond motifs is 6. The quantitative estimate of drug-likeness (QED) is 0.0342. The zero-order chi connectivity index (χ0) is 74.8. The van der Waals surface area contributed by atoms with Crippen LogP contribution in [-0.4, -0.2) is 148 Å². The van der Waals surface area contributed by atoms with Crippen molar-refractivity contribution in [1.82, 2.24) is 18.9 Å². The zero-order valence-corrected chi connectivity index (χ0v) is 62.7. The number of nitrogens with zero attached hydrogens (tertiary/aromatic N) is 6. The molecule has 0 aliphatic carbocycles. The van der Waals surface area contributed by atoms with E-state index in [1.807, 2.05) is 73.3 Å². The molecule has 3 fully saturated rings. The summed E-state index contributed by atoms with van der Waals surface area (Å²) >= 11 is 1.95. The molecule has 4 aromatic heterocycles. The molecule has 105 heavy (non-hydrogen) atoms. The summed E-state index contributed by atoms with van der Waals surface area (Å²) in [6.07, 6.45) is 14.5. The number of carbonyl (C=O) groups excluding carboxylic acids is 7. The third-order valence-corrected chi connectivity index (χ3v) is 20.6. The van der Waals surface area contributed by atoms with E-state index in [0.29, 0.717) is 120 Å². The lowest BCUT2D eigenvalue weighted by Gasteiger charge is -2.42. The van der Waals surface area contributed by atoms with Crippen LogP contribution in [0.1, 0.15) is 152 Å². The highest BCUT2D eigenvalue weighted by molar-refractivity contribution is 7.52. The van der Waals surface area contributed by atoms with Gasteiger partial charge in [-0.2, -0.15) is 16.8 Å². The van der Waals surface area contributed by atoms with Crippen LogP contribution in [0.5, 0.6) is 11.5 Å². The highest BCUT2D eigenvalue weighted by Crippen LogP contribution is 2.41. The first-order valence-corrected chi connectivity index (χ1v) is 37.8. The molecule has 5 aliphatic heterocycles. The molecule has 554 valence electrons. The molecule has 3 saturated heterocycles. The number of hydrogen-bond acceptors (Lipinski definition) is 19. The van der Waals surface area contributed by atoms with Crippen LogP contribution in [0.25, 0.3) is 20.2 Å². The van der Waals surface area contributed by atoms with Crippen LogP contribution in [0.4, 0.5) is 33.2 Å². The number of anilines is 4. The van der Waals surface area contributed by atoms with E-state index in [9.17, 15) is 33.6 Å². The molecule has 13 rings (SSSR count). The van der Waals surface area contributed by atoms with Gasteiger partial charge in [-0.15, -0.1) is 22.7 Å². The fourth-order valence-corrected chi connectivity index (χ4v) is 15.4. The summed E-state index contributed by atoms with van der Waals surface area (Å²) in [7, 11) is 3.57. The fraction of sp³-hybridized carbons (Fsp3) is 0.395. The molecular formula is C76H85N9O16S4. The Hall–Kier alpha value is -9.78. The van der Waals surface area contributed by atoms with E-state index >= 15 is 0 Å². The number of thiophene rings is 2. The van der Waals surface area contributed by atoms with E-state index in [2.05, 4.69) is 65.6 Å². The van der Waals surface area contributed by atoms with Crippen molar-refractivity contribution in [2.24, 2.45) is 19.1 Å². The van der Waals surface area contributed by atoms with E-state index in [1.54, 1.807) is 75.5 Å². The number of aryl methyl sites for hydroxylation is 6. The minimum atomic E-state index is -0.843. The molecule has 2 unspecified atom stereocenters. The summed E-state index contributed by atoms with van der Waals surface area (Å²) in [6, 6.07) is 26.4. The second kappa shape index (κ2) is 36.8. The Balaban J connectivity index is 0.000000215. The van der Waals surface area contributed by atoms with E-state index in [4.69, 9.17) is 40.5 Å². The average Bonchev–Trinajstić information content (AvgIpc) is 1.67. The molecule has 9 heterocycles. The summed E-state index contributed by atoms with van der Waals surface area (Å²) in [5.41, 5.74) is 7.26. The molecule has 0 saturated carbocycles. The van der Waals surface area contributed by atoms with Crippen LogP contribution < -0.4 is 30.3 Å². The highest BCUT2D eigenvalue weighted by Gasteiger charge is 2.47. The van der Waals surface area contributed by atoms with E-state index in [-0.39, 0.29) is 67.4 Å². The molecule has 8 aromatic rings. The van der Waals surface area contributed by atoms with Crippen molar-refractivity contribution in [3.8, 4) is 11.5 Å². The summed E-state index contributed by atoms with van der Waals surface area (Å²) in [5.74, 6) is 0.341. The second-order valence-corrected chi connectivity index (χ2v) is 29.1. The summed E-state index contributed by atoms with van der Waals surface area (Å²) in [4.78, 5) is 105. The maximum Gasteiger partial charge on any atom is 0.416 e. The summed E-state index contributed by atoms with van der Waals surface area (Å²) in [5, 5.41) is 11.0. The van der Waals surface area contributed by atoms with Gasteiger partial charge in [0, 0.05) is 109 Å². The molecule has 4 atom stereocenters. The normalized spacial score (nSPS) is 17.2. The van der Waals surface area contributed by atoms with Gasteiger partial charge in [0.1, 0.15) is 23.8 Å². The van der Waals surface area contributed by atoms with Crippen molar-refractivity contribution in [2.75, 3.05) is 60.4 Å². The number of amides is 6. The van der Waals surface area contributed by atoms with Gasteiger partial charge >= 0.3 is 29.2 Å². The van der Waals surface area contributed by atoms with Gasteiger partial charge in [0.2, 0.25) is 11.8 Å². The number of aliphatic imine (C=N–C) groups is 1. The lowest BCUT2D eigenvalue weighted by atomic mass is 10.00. The monoisotopic (exact) mass is 1510 g/mol. The van der Waals surface area contributed by atoms with E-state index in [0.717, 1.165) is 78.1 Å². The Kier molecular flexibility index (Phi) is 27.3. The number of Topliss-reactive ketones (excluding diaryl/α,β-unsaturated/α-hetero) is 1.